The summed E-state index contributed by atoms with van der Waals surface area (Å²) in [5.41, 5.74) is 3.18. The van der Waals surface area contributed by atoms with E-state index in [1.807, 2.05) is 12.1 Å². The van der Waals surface area contributed by atoms with E-state index in [0.717, 1.165) is 24.0 Å². The van der Waals surface area contributed by atoms with Crippen LogP contribution in [0.3, 0.4) is 0 Å². The molecule has 0 aliphatic carbocycles. The minimum Gasteiger partial charge on any atom is -0.474 e. The Kier molecular flexibility index (Phi) is 6.37. The highest BCUT2D eigenvalue weighted by atomic mass is 31.1. The van der Waals surface area contributed by atoms with Crippen LogP contribution in [0.4, 0.5) is 0 Å². The van der Waals surface area contributed by atoms with Gasteiger partial charge in [-0.05, 0) is 42.6 Å². The first-order valence-electron chi connectivity index (χ1n) is 10.9. The Morgan fingerprint density at radius 1 is 0.719 bits per heavy atom. The molecule has 1 aliphatic heterocycles. The lowest BCUT2D eigenvalue weighted by Crippen LogP contribution is -2.14. The summed E-state index contributed by atoms with van der Waals surface area (Å²) in [4.78, 5) is 9.77. The molecule has 1 atom stereocenters. The van der Waals surface area contributed by atoms with Crippen LogP contribution in [-0.2, 0) is 17.3 Å². The van der Waals surface area contributed by atoms with E-state index >= 15 is 0 Å². The minimum absolute atomic E-state index is 0.142. The van der Waals surface area contributed by atoms with Gasteiger partial charge >= 0.3 is 0 Å². The van der Waals surface area contributed by atoms with E-state index in [0.29, 0.717) is 12.5 Å². The molecule has 0 bridgehead atoms. The van der Waals surface area contributed by atoms with Crippen molar-refractivity contribution in [3.05, 3.63) is 126 Å². The summed E-state index contributed by atoms with van der Waals surface area (Å²) < 4.78 is 5.95. The lowest BCUT2D eigenvalue weighted by molar-refractivity contribution is 0.316. The summed E-state index contributed by atoms with van der Waals surface area (Å²) in [5.74, 6) is 0.663. The molecule has 1 aliphatic rings. The molecule has 3 nitrogen and oxygen atoms in total. The van der Waals surface area contributed by atoms with Crippen molar-refractivity contribution < 1.29 is 4.74 Å². The Hall–Kier alpha value is -3.29. The third kappa shape index (κ3) is 4.95. The molecule has 2 heterocycles. The van der Waals surface area contributed by atoms with Crippen LogP contribution in [0.5, 0.6) is 0 Å². The van der Waals surface area contributed by atoms with Crippen LogP contribution < -0.4 is 10.6 Å². The number of aliphatic imine (C=N–C) groups is 1. The van der Waals surface area contributed by atoms with E-state index in [-0.39, 0.29) is 6.04 Å². The normalized spacial score (nSPS) is 15.4. The second-order valence-electron chi connectivity index (χ2n) is 7.86. The highest BCUT2D eigenvalue weighted by Gasteiger charge is 2.22. The molecule has 0 fully saturated rings. The van der Waals surface area contributed by atoms with Crippen molar-refractivity contribution in [1.82, 2.24) is 4.98 Å². The van der Waals surface area contributed by atoms with Crippen LogP contribution in [-0.4, -0.2) is 23.5 Å². The predicted molar refractivity (Wildman–Crippen MR) is 133 cm³/mol. The maximum Gasteiger partial charge on any atom is 0.235 e. The molecule has 5 rings (SSSR count). The van der Waals surface area contributed by atoms with E-state index in [9.17, 15) is 0 Å². The number of ether oxygens (including phenoxy) is 1. The van der Waals surface area contributed by atoms with E-state index in [1.54, 1.807) is 0 Å². The second kappa shape index (κ2) is 9.89. The monoisotopic (exact) mass is 436 g/mol. The van der Waals surface area contributed by atoms with Crippen molar-refractivity contribution >= 4 is 24.4 Å². The number of hydrogen-bond acceptors (Lipinski definition) is 3. The molecule has 4 aromatic rings. The van der Waals surface area contributed by atoms with Gasteiger partial charge in [0.15, 0.2) is 0 Å². The van der Waals surface area contributed by atoms with Gasteiger partial charge in [0.25, 0.3) is 0 Å². The number of benzene rings is 3. The SMILES string of the molecule is c1ccc(C[C@H]2COC(c3cccc(CP(c4ccccc4)c4ccccc4)n3)=N2)cc1. The van der Waals surface area contributed by atoms with Crippen molar-refractivity contribution in [2.45, 2.75) is 18.6 Å². The summed E-state index contributed by atoms with van der Waals surface area (Å²) in [6.07, 6.45) is 1.77. The van der Waals surface area contributed by atoms with E-state index in [4.69, 9.17) is 14.7 Å². The first-order valence-corrected chi connectivity index (χ1v) is 12.5. The van der Waals surface area contributed by atoms with Gasteiger partial charge in [-0.15, -0.1) is 0 Å². The predicted octanol–water partition coefficient (Wildman–Crippen LogP) is 5.10. The second-order valence-corrected chi connectivity index (χ2v) is 10.1. The molecule has 158 valence electrons. The number of hydrogen-bond donors (Lipinski definition) is 0. The van der Waals surface area contributed by atoms with Crippen LogP contribution in [0.1, 0.15) is 17.0 Å². The van der Waals surface area contributed by atoms with Gasteiger partial charge in [-0.1, -0.05) is 97.1 Å². The molecule has 0 spiro atoms. The van der Waals surface area contributed by atoms with Crippen LogP contribution >= 0.6 is 7.92 Å². The third-order valence-corrected chi connectivity index (χ3v) is 7.99. The van der Waals surface area contributed by atoms with Crippen molar-refractivity contribution in [2.75, 3.05) is 6.61 Å². The molecule has 1 aromatic heterocycles. The highest BCUT2D eigenvalue weighted by molar-refractivity contribution is 7.72. The highest BCUT2D eigenvalue weighted by Crippen LogP contribution is 2.37. The van der Waals surface area contributed by atoms with Gasteiger partial charge in [0.05, 0.1) is 6.04 Å². The maximum atomic E-state index is 5.95. The number of aromatic nitrogens is 1. The van der Waals surface area contributed by atoms with Gasteiger partial charge in [-0.2, -0.15) is 0 Å². The van der Waals surface area contributed by atoms with Crippen molar-refractivity contribution in [3.8, 4) is 0 Å². The molecule has 3 aromatic carbocycles. The summed E-state index contributed by atoms with van der Waals surface area (Å²) in [5, 5.41) is 2.72. The van der Waals surface area contributed by atoms with Gasteiger partial charge in [0.2, 0.25) is 5.90 Å². The number of rotatable bonds is 7. The Morgan fingerprint density at radius 3 is 2.00 bits per heavy atom. The Morgan fingerprint density at radius 2 is 1.34 bits per heavy atom. The van der Waals surface area contributed by atoms with E-state index < -0.39 is 7.92 Å². The number of nitrogens with zero attached hydrogens (tertiary/aromatic N) is 2. The number of pyridine rings is 1. The van der Waals surface area contributed by atoms with Crippen molar-refractivity contribution in [3.63, 3.8) is 0 Å². The molecule has 0 saturated heterocycles. The summed E-state index contributed by atoms with van der Waals surface area (Å²) in [7, 11) is -0.537. The zero-order valence-corrected chi connectivity index (χ0v) is 18.7. The van der Waals surface area contributed by atoms with Crippen LogP contribution in [0.15, 0.2) is 114 Å². The molecule has 0 unspecified atom stereocenters. The van der Waals surface area contributed by atoms with Gasteiger partial charge in [-0.3, -0.25) is 0 Å². The summed E-state index contributed by atoms with van der Waals surface area (Å²) in [6, 6.07) is 38.3. The standard InChI is InChI=1S/C28H25N2OP/c1-4-11-22(12-5-1)19-24-20-31-28(30-24)27-18-10-13-23(29-27)21-32(25-14-6-2-7-15-25)26-16-8-3-9-17-26/h1-18,24H,19-21H2/t24-/m0/s1. The first-order chi connectivity index (χ1) is 15.8. The Labute approximate surface area is 190 Å². The smallest absolute Gasteiger partial charge is 0.235 e. The molecule has 0 N–H and O–H groups in total. The van der Waals surface area contributed by atoms with Gasteiger partial charge in [0, 0.05) is 11.9 Å². The van der Waals surface area contributed by atoms with Crippen LogP contribution in [0.25, 0.3) is 0 Å². The average Bonchev–Trinajstić information content (AvgIpc) is 3.33. The first kappa shape index (κ1) is 20.6. The quantitative estimate of drug-likeness (QED) is 0.378. The maximum absolute atomic E-state index is 5.95. The lowest BCUT2D eigenvalue weighted by Gasteiger charge is -2.18. The fraction of sp³-hybridized carbons (Fsp3) is 0.143. The van der Waals surface area contributed by atoms with E-state index in [1.165, 1.54) is 16.2 Å². The molecule has 0 amide bonds. The molecule has 0 radical (unpaired) electrons. The fourth-order valence-electron chi connectivity index (χ4n) is 3.94. The Bertz CT molecular complexity index is 1140. The van der Waals surface area contributed by atoms with Crippen molar-refractivity contribution in [2.24, 2.45) is 4.99 Å². The zero-order chi connectivity index (χ0) is 21.6. The molecular weight excluding hydrogens is 411 g/mol. The Balaban J connectivity index is 1.37. The van der Waals surface area contributed by atoms with Gasteiger partial charge < -0.3 is 4.74 Å². The van der Waals surface area contributed by atoms with E-state index in [2.05, 4.69) is 97.1 Å². The van der Waals surface area contributed by atoms with Crippen LogP contribution in [0.2, 0.25) is 0 Å². The topological polar surface area (TPSA) is 34.5 Å². The van der Waals surface area contributed by atoms with Gasteiger partial charge in [-0.25, -0.2) is 9.98 Å². The minimum atomic E-state index is -0.537. The van der Waals surface area contributed by atoms with Crippen molar-refractivity contribution in [1.29, 1.82) is 0 Å². The summed E-state index contributed by atoms with van der Waals surface area (Å²) in [6.45, 7) is 0.608. The summed E-state index contributed by atoms with van der Waals surface area (Å²) >= 11 is 0. The van der Waals surface area contributed by atoms with Crippen LogP contribution in [0, 0.1) is 0 Å². The molecular formula is C28H25N2OP. The molecule has 0 saturated carbocycles. The molecule has 4 heteroatoms. The fourth-order valence-corrected chi connectivity index (χ4v) is 6.17. The molecule has 32 heavy (non-hydrogen) atoms. The zero-order valence-electron chi connectivity index (χ0n) is 17.8. The average molecular weight is 436 g/mol. The largest absolute Gasteiger partial charge is 0.474 e. The third-order valence-electron chi connectivity index (χ3n) is 5.51. The van der Waals surface area contributed by atoms with Gasteiger partial charge in [0.1, 0.15) is 12.3 Å². The lowest BCUT2D eigenvalue weighted by atomic mass is 10.1.